The van der Waals surface area contributed by atoms with Gasteiger partial charge in [0.1, 0.15) is 11.9 Å². The molecule has 2 heterocycles. The predicted octanol–water partition coefficient (Wildman–Crippen LogP) is 2.64. The lowest BCUT2D eigenvalue weighted by molar-refractivity contribution is 0.0992. The molecule has 2 saturated heterocycles. The van der Waals surface area contributed by atoms with Gasteiger partial charge in [-0.2, -0.15) is 0 Å². The smallest absolute Gasteiger partial charge is 0.191 e. The summed E-state index contributed by atoms with van der Waals surface area (Å²) < 4.78 is 11.8. The third kappa shape index (κ3) is 4.41. The summed E-state index contributed by atoms with van der Waals surface area (Å²) in [4.78, 5) is 4.69. The highest BCUT2D eigenvalue weighted by Gasteiger charge is 2.41. The summed E-state index contributed by atoms with van der Waals surface area (Å²) in [5.74, 6) is 1.75. The largest absolute Gasteiger partial charge is 0.489 e. The van der Waals surface area contributed by atoms with Crippen LogP contribution in [0.4, 0.5) is 0 Å². The van der Waals surface area contributed by atoms with Crippen LogP contribution in [0.15, 0.2) is 29.3 Å². The molecule has 5 nitrogen and oxygen atoms in total. The number of nitrogens with zero attached hydrogens (tertiary/aromatic N) is 1. The number of nitrogens with one attached hydrogen (secondary N) is 2. The molecule has 5 heteroatoms. The second kappa shape index (κ2) is 7.88. The Labute approximate surface area is 144 Å². The van der Waals surface area contributed by atoms with E-state index in [2.05, 4.69) is 41.6 Å². The second-order valence-electron chi connectivity index (χ2n) is 6.82. The number of ether oxygens (including phenoxy) is 2. The SMILES string of the molecule is CCNC(=NCC(C)Oc1ccc(C)cc1)NC1CC2CCC1O2. The van der Waals surface area contributed by atoms with E-state index < -0.39 is 0 Å². The summed E-state index contributed by atoms with van der Waals surface area (Å²) in [6, 6.07) is 8.52. The fourth-order valence-corrected chi connectivity index (χ4v) is 3.39. The number of fused-ring (bicyclic) bond motifs is 2. The van der Waals surface area contributed by atoms with Crippen LogP contribution < -0.4 is 15.4 Å². The maximum Gasteiger partial charge on any atom is 0.191 e. The summed E-state index contributed by atoms with van der Waals surface area (Å²) in [6.45, 7) is 7.67. The van der Waals surface area contributed by atoms with Gasteiger partial charge in [0, 0.05) is 6.54 Å². The van der Waals surface area contributed by atoms with Crippen molar-refractivity contribution in [2.24, 2.45) is 4.99 Å². The zero-order chi connectivity index (χ0) is 16.9. The summed E-state index contributed by atoms with van der Waals surface area (Å²) in [5, 5.41) is 6.86. The lowest BCUT2D eigenvalue weighted by atomic mass is 9.96. The second-order valence-corrected chi connectivity index (χ2v) is 6.82. The third-order valence-corrected chi connectivity index (χ3v) is 4.64. The third-order valence-electron chi connectivity index (χ3n) is 4.64. The lowest BCUT2D eigenvalue weighted by Crippen LogP contribution is -2.47. The molecule has 24 heavy (non-hydrogen) atoms. The zero-order valence-electron chi connectivity index (χ0n) is 14.9. The molecular weight excluding hydrogens is 302 g/mol. The number of hydrogen-bond acceptors (Lipinski definition) is 3. The average Bonchev–Trinajstić information content (AvgIpc) is 3.18. The first-order valence-corrected chi connectivity index (χ1v) is 9.07. The van der Waals surface area contributed by atoms with E-state index in [1.165, 1.54) is 12.0 Å². The van der Waals surface area contributed by atoms with Crippen LogP contribution in [0.2, 0.25) is 0 Å². The molecule has 2 N–H and O–H groups in total. The molecule has 1 aromatic rings. The zero-order valence-corrected chi connectivity index (χ0v) is 14.9. The predicted molar refractivity (Wildman–Crippen MR) is 96.7 cm³/mol. The van der Waals surface area contributed by atoms with Crippen molar-refractivity contribution in [1.29, 1.82) is 0 Å². The molecule has 0 aromatic heterocycles. The number of aryl methyl sites for hydroxylation is 1. The molecule has 4 unspecified atom stereocenters. The molecule has 0 amide bonds. The van der Waals surface area contributed by atoms with Crippen LogP contribution in [0.5, 0.6) is 5.75 Å². The summed E-state index contributed by atoms with van der Waals surface area (Å²) >= 11 is 0. The molecule has 2 fully saturated rings. The quantitative estimate of drug-likeness (QED) is 0.621. The average molecular weight is 331 g/mol. The molecule has 1 aromatic carbocycles. The Hall–Kier alpha value is -1.75. The first-order valence-electron chi connectivity index (χ1n) is 9.07. The highest BCUT2D eigenvalue weighted by Crippen LogP contribution is 2.34. The Bertz CT molecular complexity index is 558. The molecule has 3 rings (SSSR count). The molecule has 0 aliphatic carbocycles. The van der Waals surface area contributed by atoms with E-state index >= 15 is 0 Å². The Morgan fingerprint density at radius 2 is 2.12 bits per heavy atom. The maximum atomic E-state index is 5.93. The van der Waals surface area contributed by atoms with Crippen molar-refractivity contribution in [1.82, 2.24) is 10.6 Å². The summed E-state index contributed by atoms with van der Waals surface area (Å²) in [7, 11) is 0. The fourth-order valence-electron chi connectivity index (χ4n) is 3.39. The van der Waals surface area contributed by atoms with Gasteiger partial charge in [-0.05, 0) is 52.2 Å². The van der Waals surface area contributed by atoms with Crippen LogP contribution in [-0.4, -0.2) is 43.4 Å². The van der Waals surface area contributed by atoms with Gasteiger partial charge < -0.3 is 20.1 Å². The van der Waals surface area contributed by atoms with Gasteiger partial charge in [0.25, 0.3) is 0 Å². The van der Waals surface area contributed by atoms with E-state index in [1.54, 1.807) is 0 Å². The van der Waals surface area contributed by atoms with Crippen LogP contribution >= 0.6 is 0 Å². The summed E-state index contributed by atoms with van der Waals surface area (Å²) in [5.41, 5.74) is 1.24. The summed E-state index contributed by atoms with van der Waals surface area (Å²) in [6.07, 6.45) is 4.27. The number of aliphatic imine (C=N–C) groups is 1. The first-order chi connectivity index (χ1) is 11.6. The Kier molecular flexibility index (Phi) is 5.61. The number of hydrogen-bond donors (Lipinski definition) is 2. The van der Waals surface area contributed by atoms with Crippen molar-refractivity contribution in [3.63, 3.8) is 0 Å². The molecule has 0 saturated carbocycles. The van der Waals surface area contributed by atoms with Crippen LogP contribution in [-0.2, 0) is 4.74 Å². The number of guanidine groups is 1. The Balaban J connectivity index is 1.51. The maximum absolute atomic E-state index is 5.93. The number of rotatable bonds is 6. The van der Waals surface area contributed by atoms with E-state index in [0.717, 1.165) is 31.1 Å². The number of benzene rings is 1. The minimum atomic E-state index is 0.0273. The van der Waals surface area contributed by atoms with E-state index in [-0.39, 0.29) is 6.10 Å². The van der Waals surface area contributed by atoms with Gasteiger partial charge in [-0.25, -0.2) is 4.99 Å². The minimum Gasteiger partial charge on any atom is -0.489 e. The molecular formula is C19H29N3O2. The molecule has 4 atom stereocenters. The fraction of sp³-hybridized carbons (Fsp3) is 0.632. The minimum absolute atomic E-state index is 0.0273. The van der Waals surface area contributed by atoms with Crippen molar-refractivity contribution in [3.05, 3.63) is 29.8 Å². The van der Waals surface area contributed by atoms with Gasteiger partial charge in [0.05, 0.1) is 24.8 Å². The topological polar surface area (TPSA) is 54.9 Å². The molecule has 0 radical (unpaired) electrons. The van der Waals surface area contributed by atoms with Crippen molar-refractivity contribution in [2.75, 3.05) is 13.1 Å². The molecule has 0 spiro atoms. The Morgan fingerprint density at radius 1 is 1.33 bits per heavy atom. The molecule has 2 aliphatic rings. The monoisotopic (exact) mass is 331 g/mol. The normalized spacial score (nSPS) is 27.1. The molecule has 2 aliphatic heterocycles. The van der Waals surface area contributed by atoms with Crippen LogP contribution in [0.25, 0.3) is 0 Å². The van der Waals surface area contributed by atoms with Gasteiger partial charge in [-0.1, -0.05) is 17.7 Å². The Morgan fingerprint density at radius 3 is 2.75 bits per heavy atom. The van der Waals surface area contributed by atoms with Crippen molar-refractivity contribution in [2.45, 2.75) is 64.4 Å². The van der Waals surface area contributed by atoms with E-state index in [4.69, 9.17) is 9.47 Å². The first kappa shape index (κ1) is 17.1. The van der Waals surface area contributed by atoms with Gasteiger partial charge in [0.15, 0.2) is 5.96 Å². The standard InChI is InChI=1S/C19H29N3O2/c1-4-20-19(22-17-11-16-9-10-18(17)24-16)21-12-14(3)23-15-7-5-13(2)6-8-15/h5-8,14,16-18H,4,9-12H2,1-3H3,(H2,20,21,22). The van der Waals surface area contributed by atoms with Crippen LogP contribution in [0, 0.1) is 6.92 Å². The van der Waals surface area contributed by atoms with E-state index in [9.17, 15) is 0 Å². The van der Waals surface area contributed by atoms with Gasteiger partial charge in [0.2, 0.25) is 0 Å². The van der Waals surface area contributed by atoms with E-state index in [0.29, 0.717) is 24.8 Å². The lowest BCUT2D eigenvalue weighted by Gasteiger charge is -2.23. The van der Waals surface area contributed by atoms with Gasteiger partial charge in [-0.15, -0.1) is 0 Å². The molecule has 132 valence electrons. The van der Waals surface area contributed by atoms with Crippen molar-refractivity contribution < 1.29 is 9.47 Å². The van der Waals surface area contributed by atoms with Gasteiger partial charge >= 0.3 is 0 Å². The van der Waals surface area contributed by atoms with Crippen molar-refractivity contribution >= 4 is 5.96 Å². The van der Waals surface area contributed by atoms with Crippen molar-refractivity contribution in [3.8, 4) is 5.75 Å². The molecule has 2 bridgehead atoms. The van der Waals surface area contributed by atoms with E-state index in [1.807, 2.05) is 19.1 Å². The van der Waals surface area contributed by atoms with Gasteiger partial charge in [-0.3, -0.25) is 0 Å². The van der Waals surface area contributed by atoms with Crippen LogP contribution in [0.3, 0.4) is 0 Å². The highest BCUT2D eigenvalue weighted by atomic mass is 16.5. The van der Waals surface area contributed by atoms with Crippen LogP contribution in [0.1, 0.15) is 38.7 Å². The highest BCUT2D eigenvalue weighted by molar-refractivity contribution is 5.80.